The predicted octanol–water partition coefficient (Wildman–Crippen LogP) is 5.57. The van der Waals surface area contributed by atoms with E-state index in [4.69, 9.17) is 0 Å². The monoisotopic (exact) mass is 366 g/mol. The summed E-state index contributed by atoms with van der Waals surface area (Å²) in [6.45, 7) is 5.30. The molecule has 1 aliphatic heterocycles. The molecule has 1 N–H and O–H groups in total. The van der Waals surface area contributed by atoms with Crippen LogP contribution < -0.4 is 0 Å². The average molecular weight is 367 g/mol. The molecule has 0 aromatic carbocycles. The van der Waals surface area contributed by atoms with E-state index in [2.05, 4.69) is 37.4 Å². The Labute approximate surface area is 156 Å². The lowest BCUT2D eigenvalue weighted by Gasteiger charge is -2.61. The minimum Gasteiger partial charge on any atom is -0.393 e. The van der Waals surface area contributed by atoms with Crippen LogP contribution in [-0.4, -0.2) is 26.8 Å². The summed E-state index contributed by atoms with van der Waals surface area (Å²) in [4.78, 5) is 0. The maximum atomic E-state index is 10.2. The van der Waals surface area contributed by atoms with E-state index in [0.717, 1.165) is 36.5 Å². The van der Waals surface area contributed by atoms with Gasteiger partial charge < -0.3 is 5.11 Å². The van der Waals surface area contributed by atoms with Crippen LogP contribution in [0.2, 0.25) is 0 Å². The normalized spacial score (nSPS) is 55.9. The van der Waals surface area contributed by atoms with Crippen molar-refractivity contribution in [2.45, 2.75) is 81.8 Å². The topological polar surface area (TPSA) is 20.2 Å². The van der Waals surface area contributed by atoms with Crippen molar-refractivity contribution in [2.24, 2.45) is 34.5 Å². The molecule has 4 aliphatic carbocycles. The van der Waals surface area contributed by atoms with E-state index in [-0.39, 0.29) is 6.10 Å². The molecular weight excluding hydrogens is 332 g/mol. The van der Waals surface area contributed by atoms with Crippen molar-refractivity contribution >= 4 is 23.5 Å². The highest BCUT2D eigenvalue weighted by molar-refractivity contribution is 8.21. The fourth-order valence-electron chi connectivity index (χ4n) is 8.12. The third-order valence-corrected chi connectivity index (χ3v) is 13.5. The van der Waals surface area contributed by atoms with E-state index in [1.807, 2.05) is 0 Å². The third-order valence-electron chi connectivity index (χ3n) is 9.44. The molecule has 3 heteroatoms. The molecule has 0 amide bonds. The molecule has 1 spiro atoms. The molecular formula is C21H34OS2. The number of hydrogen-bond donors (Lipinski definition) is 1. The summed E-state index contributed by atoms with van der Waals surface area (Å²) in [5.41, 5.74) is 1.13. The first-order chi connectivity index (χ1) is 11.5. The van der Waals surface area contributed by atoms with E-state index in [1.165, 1.54) is 56.5 Å². The molecule has 1 heterocycles. The number of rotatable bonds is 0. The lowest BCUT2D eigenvalue weighted by molar-refractivity contribution is -0.121. The van der Waals surface area contributed by atoms with E-state index in [9.17, 15) is 5.11 Å². The summed E-state index contributed by atoms with van der Waals surface area (Å²) in [5.74, 6) is 6.50. The zero-order chi connectivity index (χ0) is 16.6. The first-order valence-corrected chi connectivity index (χ1v) is 12.4. The molecule has 0 aromatic rings. The van der Waals surface area contributed by atoms with Crippen LogP contribution in [-0.2, 0) is 0 Å². The number of aliphatic hydroxyl groups excluding tert-OH is 1. The Hall–Kier alpha value is 0.660. The van der Waals surface area contributed by atoms with Crippen molar-refractivity contribution < 1.29 is 5.11 Å². The van der Waals surface area contributed by atoms with Crippen molar-refractivity contribution in [3.8, 4) is 0 Å². The number of hydrogen-bond acceptors (Lipinski definition) is 3. The van der Waals surface area contributed by atoms with Gasteiger partial charge in [-0.05, 0) is 92.3 Å². The van der Waals surface area contributed by atoms with Crippen LogP contribution >= 0.6 is 23.5 Å². The van der Waals surface area contributed by atoms with E-state index in [1.54, 1.807) is 0 Å². The van der Waals surface area contributed by atoms with Crippen molar-refractivity contribution in [1.29, 1.82) is 0 Å². The first kappa shape index (κ1) is 16.8. The van der Waals surface area contributed by atoms with Gasteiger partial charge in [0.25, 0.3) is 0 Å². The van der Waals surface area contributed by atoms with Gasteiger partial charge in [-0.2, -0.15) is 0 Å². The van der Waals surface area contributed by atoms with Crippen molar-refractivity contribution in [2.75, 3.05) is 11.5 Å². The van der Waals surface area contributed by atoms with E-state index < -0.39 is 0 Å². The SMILES string of the molecule is C[C@]12CC[C@@H](O)C[C@@H]1CC[C@@H]1[C@@H]2CC[C@@]2(C)[C@H]1CCC21SCCS1. The number of fused-ring (bicyclic) bond motifs is 6. The van der Waals surface area contributed by atoms with Crippen LogP contribution in [0.5, 0.6) is 0 Å². The molecule has 4 saturated carbocycles. The Bertz CT molecular complexity index is 516. The van der Waals surface area contributed by atoms with Gasteiger partial charge in [-0.3, -0.25) is 0 Å². The van der Waals surface area contributed by atoms with Gasteiger partial charge in [-0.1, -0.05) is 13.8 Å². The lowest BCUT2D eigenvalue weighted by atomic mass is 9.45. The number of aliphatic hydroxyl groups is 1. The summed E-state index contributed by atoms with van der Waals surface area (Å²) in [5, 5.41) is 10.2. The van der Waals surface area contributed by atoms with Gasteiger partial charge in [0.1, 0.15) is 0 Å². The summed E-state index contributed by atoms with van der Waals surface area (Å²) >= 11 is 4.66. The first-order valence-electron chi connectivity index (χ1n) is 10.4. The molecule has 0 unspecified atom stereocenters. The van der Waals surface area contributed by atoms with Crippen molar-refractivity contribution in [1.82, 2.24) is 0 Å². The zero-order valence-electron chi connectivity index (χ0n) is 15.4. The average Bonchev–Trinajstić information content (AvgIpc) is 3.15. The van der Waals surface area contributed by atoms with Crippen LogP contribution in [0, 0.1) is 34.5 Å². The van der Waals surface area contributed by atoms with Gasteiger partial charge in [0.05, 0.1) is 10.2 Å². The summed E-state index contributed by atoms with van der Waals surface area (Å²) < 4.78 is 0.573. The Kier molecular flexibility index (Phi) is 3.91. The smallest absolute Gasteiger partial charge is 0.0667 e. The molecule has 0 bridgehead atoms. The van der Waals surface area contributed by atoms with Crippen LogP contribution in [0.4, 0.5) is 0 Å². The highest BCUT2D eigenvalue weighted by Crippen LogP contribution is 2.74. The predicted molar refractivity (Wildman–Crippen MR) is 105 cm³/mol. The Balaban J connectivity index is 1.45. The largest absolute Gasteiger partial charge is 0.393 e. The molecule has 7 atom stereocenters. The Morgan fingerprint density at radius 3 is 2.38 bits per heavy atom. The second kappa shape index (κ2) is 5.58. The molecule has 136 valence electrons. The maximum Gasteiger partial charge on any atom is 0.0667 e. The molecule has 1 saturated heterocycles. The van der Waals surface area contributed by atoms with Crippen LogP contribution in [0.25, 0.3) is 0 Å². The van der Waals surface area contributed by atoms with Gasteiger partial charge in [-0.15, -0.1) is 23.5 Å². The second-order valence-electron chi connectivity index (χ2n) is 10.0. The summed E-state index contributed by atoms with van der Waals surface area (Å²) in [6, 6.07) is 0. The highest BCUT2D eigenvalue weighted by Gasteiger charge is 2.65. The lowest BCUT2D eigenvalue weighted by Crippen LogP contribution is -2.55. The van der Waals surface area contributed by atoms with Gasteiger partial charge in [-0.25, -0.2) is 0 Å². The molecule has 5 rings (SSSR count). The number of thioether (sulfide) groups is 2. The van der Waals surface area contributed by atoms with E-state index >= 15 is 0 Å². The van der Waals surface area contributed by atoms with Crippen molar-refractivity contribution in [3.63, 3.8) is 0 Å². The third kappa shape index (κ3) is 2.07. The van der Waals surface area contributed by atoms with Gasteiger partial charge in [0.15, 0.2) is 0 Å². The minimum absolute atomic E-state index is 0.00507. The van der Waals surface area contributed by atoms with Gasteiger partial charge in [0.2, 0.25) is 0 Å². The molecule has 0 aromatic heterocycles. The Morgan fingerprint density at radius 1 is 0.833 bits per heavy atom. The molecule has 5 aliphatic rings. The molecule has 0 radical (unpaired) electrons. The van der Waals surface area contributed by atoms with Crippen LogP contribution in [0.1, 0.15) is 71.6 Å². The fourth-order valence-corrected chi connectivity index (χ4v) is 12.0. The molecule has 1 nitrogen and oxygen atoms in total. The Morgan fingerprint density at radius 2 is 1.58 bits per heavy atom. The highest BCUT2D eigenvalue weighted by atomic mass is 32.2. The van der Waals surface area contributed by atoms with Gasteiger partial charge in [0, 0.05) is 11.5 Å². The van der Waals surface area contributed by atoms with Crippen LogP contribution in [0.15, 0.2) is 0 Å². The minimum atomic E-state index is -0.00507. The van der Waals surface area contributed by atoms with Crippen molar-refractivity contribution in [3.05, 3.63) is 0 Å². The molecule has 5 fully saturated rings. The summed E-state index contributed by atoms with van der Waals surface area (Å²) in [6.07, 6.45) is 12.2. The molecule has 24 heavy (non-hydrogen) atoms. The summed E-state index contributed by atoms with van der Waals surface area (Å²) in [7, 11) is 0. The van der Waals surface area contributed by atoms with E-state index in [0.29, 0.717) is 14.9 Å². The standard InChI is InChI=1S/C21H34OS2/c1-19-8-5-15(22)13-14(19)3-4-16-17(19)6-9-20(2)18(16)7-10-21(20)23-11-12-24-21/h14-18,22H,3-13H2,1-2H3/t14-,15+,16+,17-,18-,19-,20-/m0/s1. The maximum absolute atomic E-state index is 10.2. The quantitative estimate of drug-likeness (QED) is 0.605. The fraction of sp³-hybridized carbons (Fsp3) is 1.00. The van der Waals surface area contributed by atoms with Gasteiger partial charge >= 0.3 is 0 Å². The van der Waals surface area contributed by atoms with Crippen LogP contribution in [0.3, 0.4) is 0 Å². The zero-order valence-corrected chi connectivity index (χ0v) is 17.1. The second-order valence-corrected chi connectivity index (χ2v) is 13.1.